The van der Waals surface area contributed by atoms with Crippen LogP contribution in [0.25, 0.3) is 10.9 Å². The van der Waals surface area contributed by atoms with Crippen molar-refractivity contribution in [3.63, 3.8) is 0 Å². The second-order valence-corrected chi connectivity index (χ2v) is 4.40. The molecule has 80 valence electrons. The van der Waals surface area contributed by atoms with Crippen LogP contribution < -0.4 is 0 Å². The molecule has 0 radical (unpaired) electrons. The predicted octanol–water partition coefficient (Wildman–Crippen LogP) is 2.99. The summed E-state index contributed by atoms with van der Waals surface area (Å²) in [5, 5.41) is 9.51. The van der Waals surface area contributed by atoms with Crippen molar-refractivity contribution in [1.82, 2.24) is 4.98 Å². The number of thioether (sulfide) groups is 1. The number of nitrogens with one attached hydrogen (secondary N) is 1. The molecule has 0 saturated carbocycles. The molecule has 0 spiro atoms. The Morgan fingerprint density at radius 1 is 1.56 bits per heavy atom. The molecule has 3 nitrogen and oxygen atoms in total. The van der Waals surface area contributed by atoms with E-state index in [0.717, 1.165) is 15.8 Å². The minimum absolute atomic E-state index is 0.0382. The standard InChI is InChI=1S/C12H10N2OS/c1-8(15)9-7-14-10-3-2-4-11(12(9)10)16-6-5-13/h2-4,7,14H,6H2,1H3. The first-order valence-electron chi connectivity index (χ1n) is 4.85. The summed E-state index contributed by atoms with van der Waals surface area (Å²) < 4.78 is 0. The van der Waals surface area contributed by atoms with Gasteiger partial charge in [-0.1, -0.05) is 6.07 Å². The third-order valence-electron chi connectivity index (χ3n) is 2.34. The van der Waals surface area contributed by atoms with Gasteiger partial charge in [-0.05, 0) is 19.1 Å². The first kappa shape index (κ1) is 10.8. The lowest BCUT2D eigenvalue weighted by molar-refractivity contribution is 0.101. The smallest absolute Gasteiger partial charge is 0.161 e. The van der Waals surface area contributed by atoms with E-state index in [4.69, 9.17) is 5.26 Å². The number of aromatic nitrogens is 1. The second-order valence-electron chi connectivity index (χ2n) is 3.38. The van der Waals surface area contributed by atoms with Crippen molar-refractivity contribution in [2.75, 3.05) is 5.75 Å². The minimum atomic E-state index is 0.0382. The Hall–Kier alpha value is -1.73. The second kappa shape index (κ2) is 4.42. The van der Waals surface area contributed by atoms with Crippen molar-refractivity contribution >= 4 is 28.4 Å². The number of carbonyl (C=O) groups excluding carboxylic acids is 1. The number of H-pyrrole nitrogens is 1. The zero-order chi connectivity index (χ0) is 11.5. The molecule has 0 aliphatic rings. The molecule has 0 fully saturated rings. The highest BCUT2D eigenvalue weighted by Gasteiger charge is 2.11. The maximum atomic E-state index is 11.5. The van der Waals surface area contributed by atoms with E-state index in [2.05, 4.69) is 11.1 Å². The molecule has 16 heavy (non-hydrogen) atoms. The van der Waals surface area contributed by atoms with E-state index in [9.17, 15) is 4.79 Å². The van der Waals surface area contributed by atoms with Gasteiger partial charge in [0.05, 0.1) is 11.8 Å². The van der Waals surface area contributed by atoms with Crippen LogP contribution in [0, 0.1) is 11.3 Å². The number of hydrogen-bond donors (Lipinski definition) is 1. The molecular weight excluding hydrogens is 220 g/mol. The van der Waals surface area contributed by atoms with Gasteiger partial charge in [0.15, 0.2) is 5.78 Å². The number of carbonyl (C=O) groups is 1. The third-order valence-corrected chi connectivity index (χ3v) is 3.26. The molecule has 0 unspecified atom stereocenters. The average Bonchev–Trinajstić information content (AvgIpc) is 2.70. The molecule has 1 aromatic carbocycles. The molecule has 4 heteroatoms. The average molecular weight is 230 g/mol. The SMILES string of the molecule is CC(=O)c1c[nH]c2cccc(SCC#N)c12. The number of ketones is 1. The molecule has 0 atom stereocenters. The van der Waals surface area contributed by atoms with Gasteiger partial charge in [0.1, 0.15) is 0 Å². The van der Waals surface area contributed by atoms with Crippen LogP contribution in [0.1, 0.15) is 17.3 Å². The van der Waals surface area contributed by atoms with Crippen LogP contribution in [-0.4, -0.2) is 16.5 Å². The third kappa shape index (κ3) is 1.82. The molecular formula is C12H10N2OS. The number of rotatable bonds is 3. The summed E-state index contributed by atoms with van der Waals surface area (Å²) in [6.45, 7) is 1.55. The largest absolute Gasteiger partial charge is 0.360 e. The van der Waals surface area contributed by atoms with E-state index >= 15 is 0 Å². The van der Waals surface area contributed by atoms with E-state index in [0.29, 0.717) is 11.3 Å². The number of nitriles is 1. The van der Waals surface area contributed by atoms with Gasteiger partial charge in [-0.3, -0.25) is 4.79 Å². The summed E-state index contributed by atoms with van der Waals surface area (Å²) in [5.41, 5.74) is 1.63. The number of aromatic amines is 1. The molecule has 0 amide bonds. The van der Waals surface area contributed by atoms with Crippen molar-refractivity contribution in [3.05, 3.63) is 30.0 Å². The van der Waals surface area contributed by atoms with Crippen LogP contribution in [0.4, 0.5) is 0 Å². The molecule has 2 rings (SSSR count). The lowest BCUT2D eigenvalue weighted by Crippen LogP contribution is -1.90. The van der Waals surface area contributed by atoms with Crippen LogP contribution in [0.15, 0.2) is 29.3 Å². The van der Waals surface area contributed by atoms with Crippen molar-refractivity contribution in [3.8, 4) is 6.07 Å². The van der Waals surface area contributed by atoms with Gasteiger partial charge < -0.3 is 4.98 Å². The number of benzene rings is 1. The van der Waals surface area contributed by atoms with Crippen LogP contribution in [0.5, 0.6) is 0 Å². The minimum Gasteiger partial charge on any atom is -0.360 e. The van der Waals surface area contributed by atoms with Crippen LogP contribution in [0.3, 0.4) is 0 Å². The predicted molar refractivity (Wildman–Crippen MR) is 64.6 cm³/mol. The highest BCUT2D eigenvalue weighted by atomic mass is 32.2. The summed E-state index contributed by atoms with van der Waals surface area (Å²) in [6, 6.07) is 7.87. The summed E-state index contributed by atoms with van der Waals surface area (Å²) >= 11 is 1.45. The lowest BCUT2D eigenvalue weighted by Gasteiger charge is -2.01. The lowest BCUT2D eigenvalue weighted by atomic mass is 10.1. The number of hydrogen-bond acceptors (Lipinski definition) is 3. The van der Waals surface area contributed by atoms with Crippen LogP contribution in [-0.2, 0) is 0 Å². The Bertz CT molecular complexity index is 580. The quantitative estimate of drug-likeness (QED) is 0.651. The normalized spacial score (nSPS) is 10.2. The number of fused-ring (bicyclic) bond motifs is 1. The Balaban J connectivity index is 2.60. The van der Waals surface area contributed by atoms with Gasteiger partial charge in [0, 0.05) is 27.6 Å². The Morgan fingerprint density at radius 3 is 3.06 bits per heavy atom. The van der Waals surface area contributed by atoms with Gasteiger partial charge in [-0.15, -0.1) is 11.8 Å². The Labute approximate surface area is 97.5 Å². The van der Waals surface area contributed by atoms with Gasteiger partial charge in [0.25, 0.3) is 0 Å². The molecule has 2 aromatic rings. The molecule has 0 bridgehead atoms. The monoisotopic (exact) mass is 230 g/mol. The fourth-order valence-electron chi connectivity index (χ4n) is 1.66. The Kier molecular flexibility index (Phi) is 2.97. The molecule has 0 aliphatic carbocycles. The maximum Gasteiger partial charge on any atom is 0.161 e. The van der Waals surface area contributed by atoms with Crippen LogP contribution in [0.2, 0.25) is 0 Å². The molecule has 0 saturated heterocycles. The fraction of sp³-hybridized carbons (Fsp3) is 0.167. The summed E-state index contributed by atoms with van der Waals surface area (Å²) in [5.74, 6) is 0.429. The Morgan fingerprint density at radius 2 is 2.38 bits per heavy atom. The topological polar surface area (TPSA) is 56.6 Å². The van der Waals surface area contributed by atoms with Gasteiger partial charge in [0.2, 0.25) is 0 Å². The van der Waals surface area contributed by atoms with Crippen molar-refractivity contribution in [2.24, 2.45) is 0 Å². The van der Waals surface area contributed by atoms with Crippen molar-refractivity contribution in [1.29, 1.82) is 5.26 Å². The van der Waals surface area contributed by atoms with Crippen molar-refractivity contribution in [2.45, 2.75) is 11.8 Å². The van der Waals surface area contributed by atoms with Gasteiger partial charge in [-0.25, -0.2) is 0 Å². The molecule has 1 aromatic heterocycles. The summed E-state index contributed by atoms with van der Waals surface area (Å²) in [7, 11) is 0. The zero-order valence-electron chi connectivity index (χ0n) is 8.78. The van der Waals surface area contributed by atoms with E-state index < -0.39 is 0 Å². The molecule has 1 N–H and O–H groups in total. The first-order valence-corrected chi connectivity index (χ1v) is 5.83. The highest BCUT2D eigenvalue weighted by molar-refractivity contribution is 7.99. The number of Topliss-reactive ketones (excluding diaryl/α,β-unsaturated/α-hetero) is 1. The first-order chi connectivity index (χ1) is 7.74. The summed E-state index contributed by atoms with van der Waals surface area (Å²) in [4.78, 5) is 15.5. The highest BCUT2D eigenvalue weighted by Crippen LogP contribution is 2.30. The maximum absolute atomic E-state index is 11.5. The van der Waals surface area contributed by atoms with E-state index in [1.165, 1.54) is 11.8 Å². The van der Waals surface area contributed by atoms with Gasteiger partial charge in [-0.2, -0.15) is 5.26 Å². The zero-order valence-corrected chi connectivity index (χ0v) is 9.60. The van der Waals surface area contributed by atoms with E-state index in [1.54, 1.807) is 13.1 Å². The van der Waals surface area contributed by atoms with E-state index in [-0.39, 0.29) is 5.78 Å². The summed E-state index contributed by atoms with van der Waals surface area (Å²) in [6.07, 6.45) is 1.73. The molecule has 1 heterocycles. The van der Waals surface area contributed by atoms with Crippen LogP contribution >= 0.6 is 11.8 Å². The molecule has 0 aliphatic heterocycles. The number of nitrogens with zero attached hydrogens (tertiary/aromatic N) is 1. The van der Waals surface area contributed by atoms with E-state index in [1.807, 2.05) is 18.2 Å². The van der Waals surface area contributed by atoms with Crippen molar-refractivity contribution < 1.29 is 4.79 Å². The van der Waals surface area contributed by atoms with Gasteiger partial charge >= 0.3 is 0 Å². The fourth-order valence-corrected chi connectivity index (χ4v) is 2.42.